The van der Waals surface area contributed by atoms with Gasteiger partial charge >= 0.3 is 6.09 Å². The van der Waals surface area contributed by atoms with Gasteiger partial charge in [-0.2, -0.15) is 5.26 Å². The lowest BCUT2D eigenvalue weighted by molar-refractivity contribution is -0.118. The molecule has 0 aromatic heterocycles. The molecule has 1 N–H and O–H groups in total. The van der Waals surface area contributed by atoms with Crippen LogP contribution >= 0.6 is 0 Å². The molecule has 0 bridgehead atoms. The minimum absolute atomic E-state index is 0.229. The van der Waals surface area contributed by atoms with Crippen LogP contribution in [0.5, 0.6) is 11.5 Å². The van der Waals surface area contributed by atoms with Crippen LogP contribution in [0.4, 0.5) is 16.2 Å². The Morgan fingerprint density at radius 2 is 1.86 bits per heavy atom. The van der Waals surface area contributed by atoms with Gasteiger partial charge in [-0.25, -0.2) is 4.79 Å². The molecular weight excluding hydrogens is 362 g/mol. The molecule has 0 saturated carbocycles. The summed E-state index contributed by atoms with van der Waals surface area (Å²) in [7, 11) is 3.06. The summed E-state index contributed by atoms with van der Waals surface area (Å²) in [5.41, 5.74) is 1.62. The van der Waals surface area contributed by atoms with Gasteiger partial charge in [0.25, 0.3) is 5.91 Å². The average molecular weight is 383 g/mol. The Balaban J connectivity index is 1.93. The maximum atomic E-state index is 12.1. The number of methoxy groups -OCH3 is 1. The summed E-state index contributed by atoms with van der Waals surface area (Å²) < 4.78 is 15.6. The van der Waals surface area contributed by atoms with Crippen LogP contribution in [0.15, 0.2) is 42.5 Å². The van der Waals surface area contributed by atoms with Gasteiger partial charge in [-0.1, -0.05) is 0 Å². The largest absolute Gasteiger partial charge is 0.493 e. The van der Waals surface area contributed by atoms with Gasteiger partial charge in [0.1, 0.15) is 0 Å². The number of hydrogen-bond acceptors (Lipinski definition) is 6. The second kappa shape index (κ2) is 9.83. The lowest BCUT2D eigenvalue weighted by Gasteiger charge is -2.17. The van der Waals surface area contributed by atoms with Crippen molar-refractivity contribution in [3.63, 3.8) is 0 Å². The van der Waals surface area contributed by atoms with Crippen molar-refractivity contribution in [1.29, 1.82) is 5.26 Å². The number of anilines is 2. The third-order valence-corrected chi connectivity index (χ3v) is 3.73. The Morgan fingerprint density at radius 3 is 2.46 bits per heavy atom. The van der Waals surface area contributed by atoms with Crippen molar-refractivity contribution in [3.05, 3.63) is 48.0 Å². The number of benzene rings is 2. The van der Waals surface area contributed by atoms with E-state index in [0.29, 0.717) is 35.0 Å². The molecule has 2 rings (SSSR count). The molecule has 0 radical (unpaired) electrons. The lowest BCUT2D eigenvalue weighted by Crippen LogP contribution is -2.27. The summed E-state index contributed by atoms with van der Waals surface area (Å²) in [6.07, 6.45) is -0.455. The topological polar surface area (TPSA) is 101 Å². The Labute approximate surface area is 163 Å². The van der Waals surface area contributed by atoms with Crippen LogP contribution in [0.1, 0.15) is 12.5 Å². The van der Waals surface area contributed by atoms with Crippen molar-refractivity contribution in [2.45, 2.75) is 6.92 Å². The average Bonchev–Trinajstić information content (AvgIpc) is 2.72. The summed E-state index contributed by atoms with van der Waals surface area (Å²) >= 11 is 0. The van der Waals surface area contributed by atoms with Crippen molar-refractivity contribution < 1.29 is 23.8 Å². The van der Waals surface area contributed by atoms with E-state index >= 15 is 0 Å². The smallest absolute Gasteiger partial charge is 0.413 e. The first-order chi connectivity index (χ1) is 13.5. The molecule has 2 aromatic rings. The number of rotatable bonds is 7. The van der Waals surface area contributed by atoms with Crippen LogP contribution < -0.4 is 19.7 Å². The first kappa shape index (κ1) is 20.6. The molecule has 2 aromatic carbocycles. The van der Waals surface area contributed by atoms with E-state index in [1.165, 1.54) is 18.1 Å². The number of carbonyl (C=O) groups excluding carboxylic acids is 2. The quantitative estimate of drug-likeness (QED) is 0.788. The zero-order valence-corrected chi connectivity index (χ0v) is 15.9. The van der Waals surface area contributed by atoms with Crippen LogP contribution in [-0.4, -0.2) is 39.4 Å². The molecule has 0 aliphatic rings. The third kappa shape index (κ3) is 5.38. The Kier molecular flexibility index (Phi) is 7.22. The number of hydrogen-bond donors (Lipinski definition) is 1. The number of nitriles is 1. The maximum Gasteiger partial charge on any atom is 0.413 e. The normalized spacial score (nSPS) is 9.79. The Hall–Kier alpha value is -3.73. The number of carbonyl (C=O) groups is 2. The van der Waals surface area contributed by atoms with Crippen molar-refractivity contribution in [2.24, 2.45) is 0 Å². The third-order valence-electron chi connectivity index (χ3n) is 3.73. The molecule has 28 heavy (non-hydrogen) atoms. The fourth-order valence-corrected chi connectivity index (χ4v) is 2.29. The van der Waals surface area contributed by atoms with Crippen LogP contribution in [0.2, 0.25) is 0 Å². The van der Waals surface area contributed by atoms with Gasteiger partial charge in [0, 0.05) is 24.5 Å². The summed E-state index contributed by atoms with van der Waals surface area (Å²) in [4.78, 5) is 25.2. The fourth-order valence-electron chi connectivity index (χ4n) is 2.29. The van der Waals surface area contributed by atoms with Gasteiger partial charge < -0.3 is 19.5 Å². The predicted molar refractivity (Wildman–Crippen MR) is 104 cm³/mol. The number of nitrogens with one attached hydrogen (secondary N) is 1. The maximum absolute atomic E-state index is 12.1. The molecule has 8 heteroatoms. The summed E-state index contributed by atoms with van der Waals surface area (Å²) in [5, 5.41) is 11.6. The fraction of sp³-hybridized carbons (Fsp3) is 0.250. The van der Waals surface area contributed by atoms with E-state index in [9.17, 15) is 9.59 Å². The minimum Gasteiger partial charge on any atom is -0.493 e. The molecule has 0 heterocycles. The SMILES string of the molecule is CCOC(=O)N(C)c1ccc(NC(=O)COc2ccc(C#N)cc2OC)cc1. The molecular formula is C20H21N3O5. The molecule has 0 atom stereocenters. The second-order valence-electron chi connectivity index (χ2n) is 5.62. The highest BCUT2D eigenvalue weighted by molar-refractivity contribution is 5.92. The molecule has 0 saturated heterocycles. The Morgan fingerprint density at radius 1 is 1.14 bits per heavy atom. The number of nitrogens with zero attached hydrogens (tertiary/aromatic N) is 2. The highest BCUT2D eigenvalue weighted by Gasteiger charge is 2.12. The second-order valence-corrected chi connectivity index (χ2v) is 5.62. The van der Waals surface area contributed by atoms with E-state index in [4.69, 9.17) is 19.5 Å². The monoisotopic (exact) mass is 383 g/mol. The van der Waals surface area contributed by atoms with E-state index in [0.717, 1.165) is 0 Å². The van der Waals surface area contributed by atoms with Crippen LogP contribution in [0, 0.1) is 11.3 Å². The zero-order valence-electron chi connectivity index (χ0n) is 15.9. The summed E-state index contributed by atoms with van der Waals surface area (Å²) in [6, 6.07) is 13.4. The van der Waals surface area contributed by atoms with E-state index < -0.39 is 6.09 Å². The van der Waals surface area contributed by atoms with Gasteiger partial charge in [0.15, 0.2) is 18.1 Å². The molecule has 2 amide bonds. The van der Waals surface area contributed by atoms with Crippen LogP contribution in [0.3, 0.4) is 0 Å². The van der Waals surface area contributed by atoms with E-state index in [1.54, 1.807) is 50.4 Å². The number of ether oxygens (including phenoxy) is 3. The molecule has 8 nitrogen and oxygen atoms in total. The lowest BCUT2D eigenvalue weighted by atomic mass is 10.2. The first-order valence-electron chi connectivity index (χ1n) is 8.49. The van der Waals surface area contributed by atoms with Gasteiger partial charge in [0.2, 0.25) is 0 Å². The highest BCUT2D eigenvalue weighted by Crippen LogP contribution is 2.27. The Bertz CT molecular complexity index is 874. The molecule has 0 spiro atoms. The van der Waals surface area contributed by atoms with Gasteiger partial charge in [-0.3, -0.25) is 9.69 Å². The highest BCUT2D eigenvalue weighted by atomic mass is 16.6. The minimum atomic E-state index is -0.455. The van der Waals surface area contributed by atoms with Crippen molar-refractivity contribution in [2.75, 3.05) is 37.6 Å². The van der Waals surface area contributed by atoms with Gasteiger partial charge in [0.05, 0.1) is 25.3 Å². The van der Waals surface area contributed by atoms with E-state index in [-0.39, 0.29) is 12.5 Å². The molecule has 0 aliphatic carbocycles. The molecule has 0 aliphatic heterocycles. The van der Waals surface area contributed by atoms with Crippen LogP contribution in [-0.2, 0) is 9.53 Å². The summed E-state index contributed by atoms with van der Waals surface area (Å²) in [5.74, 6) is 0.374. The van der Waals surface area contributed by atoms with Crippen molar-refractivity contribution in [1.82, 2.24) is 0 Å². The van der Waals surface area contributed by atoms with E-state index in [1.807, 2.05) is 6.07 Å². The van der Waals surface area contributed by atoms with Crippen molar-refractivity contribution >= 4 is 23.4 Å². The van der Waals surface area contributed by atoms with Gasteiger partial charge in [-0.05, 0) is 43.3 Å². The van der Waals surface area contributed by atoms with Crippen molar-refractivity contribution in [3.8, 4) is 17.6 Å². The zero-order chi connectivity index (χ0) is 20.5. The number of amides is 2. The molecule has 146 valence electrons. The summed E-state index contributed by atoms with van der Waals surface area (Å²) in [6.45, 7) is 1.80. The predicted octanol–water partition coefficient (Wildman–Crippen LogP) is 3.18. The van der Waals surface area contributed by atoms with Gasteiger partial charge in [-0.15, -0.1) is 0 Å². The standard InChI is InChI=1S/C20H21N3O5/c1-4-27-20(25)23(2)16-8-6-15(7-9-16)22-19(24)13-28-17-10-5-14(12-21)11-18(17)26-3/h5-11H,4,13H2,1-3H3,(H,22,24). The van der Waals surface area contributed by atoms with E-state index in [2.05, 4.69) is 5.32 Å². The first-order valence-corrected chi connectivity index (χ1v) is 8.49. The molecule has 0 unspecified atom stereocenters. The van der Waals surface area contributed by atoms with Crippen LogP contribution in [0.25, 0.3) is 0 Å². The molecule has 0 fully saturated rings.